The molecule has 0 aliphatic carbocycles. The van der Waals surface area contributed by atoms with Crippen molar-refractivity contribution in [2.45, 2.75) is 31.5 Å². The summed E-state index contributed by atoms with van der Waals surface area (Å²) in [5.74, 6) is -1.72. The van der Waals surface area contributed by atoms with E-state index in [9.17, 15) is 22.4 Å². The van der Waals surface area contributed by atoms with Crippen LogP contribution in [0.3, 0.4) is 0 Å². The normalized spacial score (nSPS) is 11.9. The van der Waals surface area contributed by atoms with Crippen LogP contribution in [0.2, 0.25) is 5.02 Å². The molecule has 4 nitrogen and oxygen atoms in total. The van der Waals surface area contributed by atoms with Gasteiger partial charge in [0.05, 0.1) is 22.4 Å². The van der Waals surface area contributed by atoms with E-state index < -0.39 is 29.8 Å². The first kappa shape index (κ1) is 19.7. The van der Waals surface area contributed by atoms with Gasteiger partial charge in [0.15, 0.2) is 0 Å². The SMILES string of the molecule is CC(C)OC(=O)c1cc(-c2n[nH]c(C(F)(F)F)c2CBr)c(F)cc1Cl. The number of carbonyl (C=O) groups excluding carboxylic acids is 1. The third kappa shape index (κ3) is 4.14. The summed E-state index contributed by atoms with van der Waals surface area (Å²) < 4.78 is 58.3. The third-order valence-corrected chi connectivity index (χ3v) is 4.03. The van der Waals surface area contributed by atoms with E-state index in [2.05, 4.69) is 21.0 Å². The molecule has 1 aromatic carbocycles. The summed E-state index contributed by atoms with van der Waals surface area (Å²) in [6, 6.07) is 1.87. The smallest absolute Gasteiger partial charge is 0.433 e. The van der Waals surface area contributed by atoms with Crippen molar-refractivity contribution in [2.24, 2.45) is 0 Å². The number of esters is 1. The zero-order chi connectivity index (χ0) is 18.9. The Morgan fingerprint density at radius 3 is 2.56 bits per heavy atom. The Labute approximate surface area is 153 Å². The Morgan fingerprint density at radius 2 is 2.04 bits per heavy atom. The number of H-pyrrole nitrogens is 1. The third-order valence-electron chi connectivity index (χ3n) is 3.16. The molecule has 0 atom stereocenters. The molecule has 2 aromatic rings. The monoisotopic (exact) mass is 442 g/mol. The second-order valence-corrected chi connectivity index (χ2v) is 6.29. The number of alkyl halides is 4. The molecule has 136 valence electrons. The van der Waals surface area contributed by atoms with Crippen LogP contribution in [0.1, 0.15) is 35.5 Å². The number of nitrogens with zero attached hydrogens (tertiary/aromatic N) is 1. The van der Waals surface area contributed by atoms with Gasteiger partial charge in [-0.05, 0) is 26.0 Å². The molecular formula is C15H12BrClF4N2O2. The number of hydrogen-bond donors (Lipinski definition) is 1. The van der Waals surface area contributed by atoms with Gasteiger partial charge in [0.1, 0.15) is 11.5 Å². The Bertz CT molecular complexity index is 806. The number of rotatable bonds is 4. The van der Waals surface area contributed by atoms with Gasteiger partial charge in [0.2, 0.25) is 0 Å². The van der Waals surface area contributed by atoms with Gasteiger partial charge in [0, 0.05) is 16.5 Å². The van der Waals surface area contributed by atoms with Crippen LogP contribution in [-0.4, -0.2) is 22.3 Å². The predicted molar refractivity (Wildman–Crippen MR) is 87.2 cm³/mol. The number of hydrogen-bond acceptors (Lipinski definition) is 3. The first-order chi connectivity index (χ1) is 11.6. The van der Waals surface area contributed by atoms with E-state index in [1.54, 1.807) is 13.8 Å². The van der Waals surface area contributed by atoms with Crippen LogP contribution in [0.5, 0.6) is 0 Å². The van der Waals surface area contributed by atoms with Crippen molar-refractivity contribution < 1.29 is 27.1 Å². The summed E-state index contributed by atoms with van der Waals surface area (Å²) in [6.07, 6.45) is -5.13. The lowest BCUT2D eigenvalue weighted by molar-refractivity contribution is -0.141. The maximum Gasteiger partial charge on any atom is 0.433 e. The van der Waals surface area contributed by atoms with Crippen LogP contribution in [0, 0.1) is 5.82 Å². The van der Waals surface area contributed by atoms with Crippen LogP contribution in [0.25, 0.3) is 11.3 Å². The molecule has 0 unspecified atom stereocenters. The molecule has 0 aliphatic heterocycles. The fourth-order valence-corrected chi connectivity index (χ4v) is 2.89. The molecule has 0 aliphatic rings. The lowest BCUT2D eigenvalue weighted by atomic mass is 10.0. The number of nitrogens with one attached hydrogen (secondary N) is 1. The second-order valence-electron chi connectivity index (χ2n) is 5.32. The number of aromatic amines is 1. The zero-order valence-corrected chi connectivity index (χ0v) is 15.3. The molecule has 2 rings (SSSR count). The van der Waals surface area contributed by atoms with Gasteiger partial charge >= 0.3 is 12.1 Å². The van der Waals surface area contributed by atoms with Crippen LogP contribution in [0.15, 0.2) is 12.1 Å². The molecule has 0 spiro atoms. The Balaban J connectivity index is 2.61. The Morgan fingerprint density at radius 1 is 1.40 bits per heavy atom. The highest BCUT2D eigenvalue weighted by Gasteiger charge is 2.37. The lowest BCUT2D eigenvalue weighted by Crippen LogP contribution is -2.12. The number of carbonyl (C=O) groups is 1. The molecule has 0 radical (unpaired) electrons. The van der Waals surface area contributed by atoms with E-state index in [1.807, 2.05) is 5.10 Å². The summed E-state index contributed by atoms with van der Waals surface area (Å²) >= 11 is 8.81. The van der Waals surface area contributed by atoms with Crippen molar-refractivity contribution in [1.82, 2.24) is 10.2 Å². The van der Waals surface area contributed by atoms with Gasteiger partial charge in [-0.2, -0.15) is 18.3 Å². The molecule has 25 heavy (non-hydrogen) atoms. The summed E-state index contributed by atoms with van der Waals surface area (Å²) in [7, 11) is 0. The van der Waals surface area contributed by atoms with E-state index in [-0.39, 0.29) is 32.7 Å². The van der Waals surface area contributed by atoms with E-state index in [0.717, 1.165) is 12.1 Å². The number of ether oxygens (including phenoxy) is 1. The molecule has 0 saturated heterocycles. The van der Waals surface area contributed by atoms with Gasteiger partial charge in [-0.15, -0.1) is 0 Å². The van der Waals surface area contributed by atoms with Gasteiger partial charge in [0.25, 0.3) is 0 Å². The Hall–Kier alpha value is -1.61. The maximum atomic E-state index is 14.3. The first-order valence-electron chi connectivity index (χ1n) is 6.97. The highest BCUT2D eigenvalue weighted by molar-refractivity contribution is 9.08. The number of aromatic nitrogens is 2. The summed E-state index contributed by atoms with van der Waals surface area (Å²) in [5.41, 5.74) is -2.10. The van der Waals surface area contributed by atoms with Crippen molar-refractivity contribution in [1.29, 1.82) is 0 Å². The topological polar surface area (TPSA) is 55.0 Å². The van der Waals surface area contributed by atoms with Crippen molar-refractivity contribution in [3.8, 4) is 11.3 Å². The fraction of sp³-hybridized carbons (Fsp3) is 0.333. The number of benzene rings is 1. The summed E-state index contributed by atoms with van der Waals surface area (Å²) in [5, 5.41) is 5.00. The minimum atomic E-state index is -4.68. The summed E-state index contributed by atoms with van der Waals surface area (Å²) in [6.45, 7) is 3.23. The molecule has 0 amide bonds. The standard InChI is InChI=1S/C15H12BrClF4N2O2/c1-6(2)25-14(24)7-3-8(11(18)4-10(7)17)12-9(5-16)13(23-22-12)15(19,20)21/h3-4,6H,5H2,1-2H3,(H,22,23). The van der Waals surface area contributed by atoms with Gasteiger partial charge < -0.3 is 4.74 Å². The molecule has 0 bridgehead atoms. The van der Waals surface area contributed by atoms with Crippen molar-refractivity contribution in [2.75, 3.05) is 0 Å². The fourth-order valence-electron chi connectivity index (χ4n) is 2.12. The minimum absolute atomic E-state index is 0.163. The lowest BCUT2D eigenvalue weighted by Gasteiger charge is -2.11. The molecule has 10 heteroatoms. The first-order valence-corrected chi connectivity index (χ1v) is 8.47. The van der Waals surface area contributed by atoms with Crippen molar-refractivity contribution in [3.05, 3.63) is 39.8 Å². The number of halogens is 6. The molecule has 1 heterocycles. The zero-order valence-electron chi connectivity index (χ0n) is 13.0. The van der Waals surface area contributed by atoms with E-state index in [4.69, 9.17) is 16.3 Å². The van der Waals surface area contributed by atoms with E-state index >= 15 is 0 Å². The molecule has 1 aromatic heterocycles. The van der Waals surface area contributed by atoms with Crippen LogP contribution in [-0.2, 0) is 16.2 Å². The van der Waals surface area contributed by atoms with Gasteiger partial charge in [-0.3, -0.25) is 5.10 Å². The van der Waals surface area contributed by atoms with Gasteiger partial charge in [-0.1, -0.05) is 27.5 Å². The quantitative estimate of drug-likeness (QED) is 0.394. The van der Waals surface area contributed by atoms with Crippen LogP contribution < -0.4 is 0 Å². The van der Waals surface area contributed by atoms with Crippen molar-refractivity contribution >= 4 is 33.5 Å². The second kappa shape index (κ2) is 7.33. The molecule has 1 N–H and O–H groups in total. The predicted octanol–water partition coefficient (Wildman–Crippen LogP) is 5.35. The largest absolute Gasteiger partial charge is 0.459 e. The van der Waals surface area contributed by atoms with Crippen LogP contribution in [0.4, 0.5) is 17.6 Å². The molecular weight excluding hydrogens is 432 g/mol. The average molecular weight is 444 g/mol. The van der Waals surface area contributed by atoms with E-state index in [0.29, 0.717) is 0 Å². The van der Waals surface area contributed by atoms with Crippen molar-refractivity contribution in [3.63, 3.8) is 0 Å². The van der Waals surface area contributed by atoms with E-state index in [1.165, 1.54) is 0 Å². The minimum Gasteiger partial charge on any atom is -0.459 e. The highest BCUT2D eigenvalue weighted by atomic mass is 79.9. The molecule has 0 fully saturated rings. The maximum absolute atomic E-state index is 14.3. The van der Waals surface area contributed by atoms with Crippen LogP contribution >= 0.6 is 27.5 Å². The summed E-state index contributed by atoms with van der Waals surface area (Å²) in [4.78, 5) is 12.0. The Kier molecular flexibility index (Phi) is 5.78. The molecule has 0 saturated carbocycles. The average Bonchev–Trinajstić information content (AvgIpc) is 2.90. The highest BCUT2D eigenvalue weighted by Crippen LogP contribution is 2.38. The van der Waals surface area contributed by atoms with Gasteiger partial charge in [-0.25, -0.2) is 9.18 Å².